The van der Waals surface area contributed by atoms with Crippen molar-refractivity contribution < 1.29 is 0 Å². The molecule has 106 valence electrons. The van der Waals surface area contributed by atoms with Gasteiger partial charge in [-0.05, 0) is 42.9 Å². The van der Waals surface area contributed by atoms with Crippen LogP contribution in [0.2, 0.25) is 0 Å². The van der Waals surface area contributed by atoms with Gasteiger partial charge in [0.2, 0.25) is 0 Å². The average molecular weight is 261 g/mol. The Kier molecular flexibility index (Phi) is 3.01. The van der Waals surface area contributed by atoms with E-state index in [9.17, 15) is 0 Å². The Morgan fingerprint density at radius 1 is 1.42 bits per heavy atom. The lowest BCUT2D eigenvalue weighted by Gasteiger charge is -2.44. The minimum Gasteiger partial charge on any atom is -0.336 e. The summed E-state index contributed by atoms with van der Waals surface area (Å²) in [4.78, 5) is 4.12. The zero-order valence-electron chi connectivity index (χ0n) is 12.7. The van der Waals surface area contributed by atoms with Crippen molar-refractivity contribution in [3.8, 4) is 0 Å². The Hall–Kier alpha value is -0.830. The molecule has 2 aliphatic carbocycles. The van der Waals surface area contributed by atoms with Gasteiger partial charge in [-0.3, -0.25) is 0 Å². The van der Waals surface area contributed by atoms with Crippen molar-refractivity contribution in [2.45, 2.75) is 65.6 Å². The summed E-state index contributed by atoms with van der Waals surface area (Å²) in [5, 5.41) is 3.93. The minimum atomic E-state index is 0.441. The monoisotopic (exact) mass is 261 g/mol. The van der Waals surface area contributed by atoms with Gasteiger partial charge in [0.1, 0.15) is 0 Å². The van der Waals surface area contributed by atoms with Crippen LogP contribution in [0.25, 0.3) is 0 Å². The van der Waals surface area contributed by atoms with E-state index in [0.29, 0.717) is 22.9 Å². The van der Waals surface area contributed by atoms with E-state index in [1.807, 2.05) is 18.7 Å². The van der Waals surface area contributed by atoms with E-state index in [2.05, 4.69) is 42.6 Å². The maximum atomic E-state index is 4.12. The number of hydrogen-bond acceptors (Lipinski definition) is 2. The van der Waals surface area contributed by atoms with Crippen LogP contribution in [-0.4, -0.2) is 21.6 Å². The number of aromatic nitrogens is 2. The number of hydrogen-bond donors (Lipinski definition) is 1. The molecule has 3 heteroatoms. The predicted molar refractivity (Wildman–Crippen MR) is 77.8 cm³/mol. The molecule has 2 bridgehead atoms. The van der Waals surface area contributed by atoms with Crippen molar-refractivity contribution >= 4 is 0 Å². The molecule has 1 N–H and O–H groups in total. The lowest BCUT2D eigenvalue weighted by Crippen LogP contribution is -2.53. The molecule has 0 spiro atoms. The molecule has 19 heavy (non-hydrogen) atoms. The Morgan fingerprint density at radius 2 is 2.21 bits per heavy atom. The van der Waals surface area contributed by atoms with E-state index in [-0.39, 0.29) is 0 Å². The highest BCUT2D eigenvalue weighted by Crippen LogP contribution is 2.62. The second-order valence-corrected chi connectivity index (χ2v) is 7.68. The van der Waals surface area contributed by atoms with Crippen LogP contribution in [0.5, 0.6) is 0 Å². The Morgan fingerprint density at radius 3 is 2.79 bits per heavy atom. The van der Waals surface area contributed by atoms with Crippen molar-refractivity contribution in [3.63, 3.8) is 0 Å². The maximum Gasteiger partial charge on any atom is 0.0946 e. The van der Waals surface area contributed by atoms with Gasteiger partial charge in [0, 0.05) is 31.0 Å². The highest BCUT2D eigenvalue weighted by molar-refractivity contribution is 5.12. The molecule has 3 rings (SSSR count). The summed E-state index contributed by atoms with van der Waals surface area (Å²) in [6, 6.07) is 1.15. The topological polar surface area (TPSA) is 29.9 Å². The molecule has 2 saturated carbocycles. The van der Waals surface area contributed by atoms with Gasteiger partial charge >= 0.3 is 0 Å². The molecule has 0 radical (unpaired) electrons. The zero-order valence-corrected chi connectivity index (χ0v) is 12.7. The van der Waals surface area contributed by atoms with Crippen LogP contribution in [0.15, 0.2) is 18.7 Å². The quantitative estimate of drug-likeness (QED) is 0.902. The van der Waals surface area contributed by atoms with Gasteiger partial charge in [0.15, 0.2) is 0 Å². The summed E-state index contributed by atoms with van der Waals surface area (Å²) in [6.45, 7) is 10.7. The summed E-state index contributed by atoms with van der Waals surface area (Å²) in [5.41, 5.74) is 0.952. The van der Waals surface area contributed by atoms with Crippen LogP contribution in [0.4, 0.5) is 0 Å². The molecule has 4 atom stereocenters. The SMILES string of the molecule is CC(Cn1ccnc1)NC1C(C)(C)[C@H]2CC[C@]1(C)C2. The Bertz CT molecular complexity index is 432. The van der Waals surface area contributed by atoms with Crippen LogP contribution >= 0.6 is 0 Å². The Labute approximate surface area is 116 Å². The van der Waals surface area contributed by atoms with Crippen LogP contribution in [0.3, 0.4) is 0 Å². The largest absolute Gasteiger partial charge is 0.336 e. The van der Waals surface area contributed by atoms with Gasteiger partial charge in [-0.15, -0.1) is 0 Å². The van der Waals surface area contributed by atoms with Crippen molar-refractivity contribution in [1.29, 1.82) is 0 Å². The third kappa shape index (κ3) is 2.12. The van der Waals surface area contributed by atoms with Crippen molar-refractivity contribution in [2.75, 3.05) is 0 Å². The van der Waals surface area contributed by atoms with Gasteiger partial charge in [0.05, 0.1) is 6.33 Å². The van der Waals surface area contributed by atoms with Crippen LogP contribution < -0.4 is 5.32 Å². The Balaban J connectivity index is 1.69. The first-order valence-electron chi connectivity index (χ1n) is 7.63. The molecular weight excluding hydrogens is 234 g/mol. The summed E-state index contributed by atoms with van der Waals surface area (Å²) in [7, 11) is 0. The van der Waals surface area contributed by atoms with E-state index >= 15 is 0 Å². The second kappa shape index (κ2) is 4.34. The smallest absolute Gasteiger partial charge is 0.0946 e. The summed E-state index contributed by atoms with van der Waals surface area (Å²) >= 11 is 0. The molecule has 2 unspecified atom stereocenters. The molecule has 1 aromatic heterocycles. The molecule has 0 saturated heterocycles. The molecule has 3 nitrogen and oxygen atoms in total. The molecular formula is C16H27N3. The number of nitrogens with one attached hydrogen (secondary N) is 1. The third-order valence-electron chi connectivity index (χ3n) is 5.76. The van der Waals surface area contributed by atoms with Crippen LogP contribution in [-0.2, 0) is 6.54 Å². The van der Waals surface area contributed by atoms with Crippen molar-refractivity contribution in [2.24, 2.45) is 16.7 Å². The zero-order chi connectivity index (χ0) is 13.7. The lowest BCUT2D eigenvalue weighted by molar-refractivity contribution is 0.0980. The van der Waals surface area contributed by atoms with E-state index < -0.39 is 0 Å². The van der Waals surface area contributed by atoms with Gasteiger partial charge in [-0.2, -0.15) is 0 Å². The highest BCUT2D eigenvalue weighted by atomic mass is 15.1. The normalized spacial score (nSPS) is 37.7. The first kappa shape index (κ1) is 13.2. The fourth-order valence-corrected chi connectivity index (χ4v) is 4.77. The average Bonchev–Trinajstić information content (AvgIpc) is 2.98. The fraction of sp³-hybridized carbons (Fsp3) is 0.812. The predicted octanol–water partition coefficient (Wildman–Crippen LogP) is 3.08. The van der Waals surface area contributed by atoms with E-state index in [1.165, 1.54) is 19.3 Å². The molecule has 1 heterocycles. The molecule has 2 aliphatic rings. The molecule has 1 aromatic rings. The maximum absolute atomic E-state index is 4.12. The number of nitrogens with zero attached hydrogens (tertiary/aromatic N) is 2. The third-order valence-corrected chi connectivity index (χ3v) is 5.76. The fourth-order valence-electron chi connectivity index (χ4n) is 4.77. The number of imidazole rings is 1. The van der Waals surface area contributed by atoms with Crippen molar-refractivity contribution in [1.82, 2.24) is 14.9 Å². The summed E-state index contributed by atoms with van der Waals surface area (Å²) in [6.07, 6.45) is 10.1. The number of rotatable bonds is 4. The first-order chi connectivity index (χ1) is 8.92. The first-order valence-corrected chi connectivity index (χ1v) is 7.63. The van der Waals surface area contributed by atoms with Gasteiger partial charge in [0.25, 0.3) is 0 Å². The van der Waals surface area contributed by atoms with Gasteiger partial charge < -0.3 is 9.88 Å². The van der Waals surface area contributed by atoms with E-state index in [1.54, 1.807) is 0 Å². The van der Waals surface area contributed by atoms with E-state index in [0.717, 1.165) is 12.5 Å². The van der Waals surface area contributed by atoms with Crippen LogP contribution in [0, 0.1) is 16.7 Å². The second-order valence-electron chi connectivity index (χ2n) is 7.68. The van der Waals surface area contributed by atoms with Crippen LogP contribution in [0.1, 0.15) is 47.0 Å². The summed E-state index contributed by atoms with van der Waals surface area (Å²) < 4.78 is 2.17. The van der Waals surface area contributed by atoms with E-state index in [4.69, 9.17) is 0 Å². The lowest BCUT2D eigenvalue weighted by atomic mass is 9.68. The number of fused-ring (bicyclic) bond motifs is 2. The molecule has 0 aromatic carbocycles. The highest BCUT2D eigenvalue weighted by Gasteiger charge is 2.59. The molecule has 2 fully saturated rings. The summed E-state index contributed by atoms with van der Waals surface area (Å²) in [5.74, 6) is 0.912. The minimum absolute atomic E-state index is 0.441. The molecule has 0 aliphatic heterocycles. The standard InChI is InChI=1S/C16H27N3/c1-12(10-19-8-7-17-11-19)18-14-15(2,3)13-5-6-16(14,4)9-13/h7-8,11-14,18H,5-6,9-10H2,1-4H3/t12?,13-,14?,16+/m0/s1. The van der Waals surface area contributed by atoms with Gasteiger partial charge in [-0.25, -0.2) is 4.98 Å². The molecule has 0 amide bonds. The van der Waals surface area contributed by atoms with Gasteiger partial charge in [-0.1, -0.05) is 20.8 Å². The van der Waals surface area contributed by atoms with Crippen molar-refractivity contribution in [3.05, 3.63) is 18.7 Å².